The van der Waals surface area contributed by atoms with Crippen molar-refractivity contribution in [3.05, 3.63) is 121 Å². The first-order valence-electron chi connectivity index (χ1n) is 11.9. The van der Waals surface area contributed by atoms with E-state index in [0.29, 0.717) is 0 Å². The molecule has 5 aromatic carbocycles. The van der Waals surface area contributed by atoms with Crippen LogP contribution >= 0.6 is 10.0 Å². The summed E-state index contributed by atoms with van der Waals surface area (Å²) in [6.45, 7) is 8.51. The smallest absolute Gasteiger partial charge is 0.00219 e. The van der Waals surface area contributed by atoms with Crippen LogP contribution in [0, 0.1) is 0 Å². The van der Waals surface area contributed by atoms with Crippen LogP contribution in [0.25, 0.3) is 56.3 Å². The maximum atomic E-state index is 4.26. The predicted octanol–water partition coefficient (Wildman–Crippen LogP) is 9.92. The lowest BCUT2D eigenvalue weighted by molar-refractivity contribution is 1.46. The van der Waals surface area contributed by atoms with Crippen molar-refractivity contribution in [2.45, 2.75) is 9.79 Å². The lowest BCUT2D eigenvalue weighted by Gasteiger charge is -2.29. The van der Waals surface area contributed by atoms with Crippen LogP contribution < -0.4 is 0 Å². The highest BCUT2D eigenvalue weighted by molar-refractivity contribution is 8.33. The Kier molecular flexibility index (Phi) is 5.05. The first kappa shape index (κ1) is 21.7. The second kappa shape index (κ2) is 8.15. The van der Waals surface area contributed by atoms with Gasteiger partial charge in [-0.2, -0.15) is 10.0 Å². The minimum absolute atomic E-state index is 1.11. The highest BCUT2D eigenvalue weighted by Crippen LogP contribution is 2.68. The van der Waals surface area contributed by atoms with Gasteiger partial charge >= 0.3 is 0 Å². The molecule has 0 N–H and O–H groups in total. The molecule has 1 heteroatoms. The molecule has 0 amide bonds. The zero-order valence-electron chi connectivity index (χ0n) is 20.2. The summed E-state index contributed by atoms with van der Waals surface area (Å²) in [6, 6.07) is 35.3. The van der Waals surface area contributed by atoms with Gasteiger partial charge in [0.25, 0.3) is 0 Å². The molecule has 0 radical (unpaired) electrons. The molecule has 170 valence electrons. The minimum Gasteiger partial charge on any atom is -0.192 e. The summed E-state index contributed by atoms with van der Waals surface area (Å²) >= 11 is 0. The molecular weight excluding hydrogens is 440 g/mol. The lowest BCUT2D eigenvalue weighted by Crippen LogP contribution is -1.98. The van der Waals surface area contributed by atoms with E-state index in [4.69, 9.17) is 0 Å². The highest BCUT2D eigenvalue weighted by Gasteiger charge is 2.33. The van der Waals surface area contributed by atoms with Crippen molar-refractivity contribution >= 4 is 33.0 Å². The van der Waals surface area contributed by atoms with Gasteiger partial charge in [0.2, 0.25) is 0 Å². The van der Waals surface area contributed by atoms with Gasteiger partial charge in [0.05, 0.1) is 0 Å². The van der Waals surface area contributed by atoms with Crippen LogP contribution in [-0.2, 0) is 0 Å². The fraction of sp³-hybridized carbons (Fsp3) is 0.0588. The summed E-state index contributed by atoms with van der Waals surface area (Å²) in [4.78, 5) is 2.93. The van der Waals surface area contributed by atoms with Gasteiger partial charge in [-0.15, -0.1) is 0 Å². The third-order valence-electron chi connectivity index (χ3n) is 7.30. The fourth-order valence-corrected chi connectivity index (χ4v) is 8.21. The standard InChI is InChI=1S/C34H28S/c1-5-25-26(6-2)34(24-17-11-8-12-18-24)30-22-32-28(27-19-13-14-20-31(27)35(32,3)4)21-29(30)33(25)23-15-9-7-10-16-23/h5-22H,1-2H2,3-4H3. The van der Waals surface area contributed by atoms with Crippen molar-refractivity contribution in [2.75, 3.05) is 12.5 Å². The number of benzene rings is 5. The molecule has 1 heterocycles. The molecule has 0 spiro atoms. The van der Waals surface area contributed by atoms with Crippen LogP contribution in [0.15, 0.2) is 120 Å². The summed E-state index contributed by atoms with van der Waals surface area (Å²) in [6.07, 6.45) is 8.86. The molecule has 0 aromatic heterocycles. The van der Waals surface area contributed by atoms with Crippen LogP contribution in [0.4, 0.5) is 0 Å². The topological polar surface area (TPSA) is 0 Å². The van der Waals surface area contributed by atoms with E-state index in [1.807, 2.05) is 12.2 Å². The Morgan fingerprint density at radius 2 is 1.03 bits per heavy atom. The zero-order chi connectivity index (χ0) is 24.2. The van der Waals surface area contributed by atoms with Crippen LogP contribution in [0.5, 0.6) is 0 Å². The third kappa shape index (κ3) is 3.16. The van der Waals surface area contributed by atoms with Crippen molar-refractivity contribution in [2.24, 2.45) is 0 Å². The van der Waals surface area contributed by atoms with E-state index in [9.17, 15) is 0 Å². The SMILES string of the molecule is C=Cc1c(C=C)c(-c2ccccc2)c2cc3c(cc2c1-c1ccccc1)-c1ccccc1S3(C)C. The lowest BCUT2D eigenvalue weighted by atomic mass is 9.82. The fourth-order valence-electron chi connectivity index (χ4n) is 5.69. The van der Waals surface area contributed by atoms with E-state index in [-0.39, 0.29) is 0 Å². The molecule has 0 aliphatic carbocycles. The summed E-state index contributed by atoms with van der Waals surface area (Å²) in [5.41, 5.74) is 9.88. The third-order valence-corrected chi connectivity index (χ3v) is 10.2. The summed E-state index contributed by atoms with van der Waals surface area (Å²) in [5.74, 6) is 0. The van der Waals surface area contributed by atoms with Gasteiger partial charge in [0.1, 0.15) is 0 Å². The minimum atomic E-state index is -1.11. The Morgan fingerprint density at radius 3 is 1.57 bits per heavy atom. The largest absolute Gasteiger partial charge is 0.192 e. The molecule has 35 heavy (non-hydrogen) atoms. The van der Waals surface area contributed by atoms with E-state index in [1.54, 1.807) is 0 Å². The van der Waals surface area contributed by atoms with E-state index in [1.165, 1.54) is 53.9 Å². The molecule has 0 bridgehead atoms. The second-order valence-corrected chi connectivity index (χ2v) is 13.0. The van der Waals surface area contributed by atoms with Gasteiger partial charge in [-0.3, -0.25) is 0 Å². The van der Waals surface area contributed by atoms with E-state index in [0.717, 1.165) is 11.1 Å². The van der Waals surface area contributed by atoms with Crippen molar-refractivity contribution in [1.82, 2.24) is 0 Å². The molecule has 1 aliphatic heterocycles. The molecule has 0 atom stereocenters. The Hall–Kier alpha value is -3.81. The van der Waals surface area contributed by atoms with Crippen LogP contribution in [0.2, 0.25) is 0 Å². The predicted molar refractivity (Wildman–Crippen MR) is 156 cm³/mol. The molecule has 0 nitrogen and oxygen atoms in total. The van der Waals surface area contributed by atoms with Crippen LogP contribution in [-0.4, -0.2) is 12.5 Å². The Balaban J connectivity index is 1.85. The molecule has 6 rings (SSSR count). The number of fused-ring (bicyclic) bond motifs is 4. The first-order valence-corrected chi connectivity index (χ1v) is 14.4. The van der Waals surface area contributed by atoms with Crippen molar-refractivity contribution < 1.29 is 0 Å². The van der Waals surface area contributed by atoms with Gasteiger partial charge in [0, 0.05) is 9.79 Å². The molecule has 5 aromatic rings. The van der Waals surface area contributed by atoms with Gasteiger partial charge in [-0.1, -0.05) is 104 Å². The van der Waals surface area contributed by atoms with E-state index >= 15 is 0 Å². The Morgan fingerprint density at radius 1 is 0.543 bits per heavy atom. The van der Waals surface area contributed by atoms with Gasteiger partial charge < -0.3 is 0 Å². The number of hydrogen-bond donors (Lipinski definition) is 0. The monoisotopic (exact) mass is 468 g/mol. The van der Waals surface area contributed by atoms with E-state index in [2.05, 4.69) is 123 Å². The Labute approximate surface area is 209 Å². The maximum absolute atomic E-state index is 4.26. The van der Waals surface area contributed by atoms with Crippen LogP contribution in [0.3, 0.4) is 0 Å². The summed E-state index contributed by atoms with van der Waals surface area (Å²) in [5, 5.41) is 2.55. The average molecular weight is 469 g/mol. The molecule has 0 saturated carbocycles. The van der Waals surface area contributed by atoms with Crippen molar-refractivity contribution in [3.63, 3.8) is 0 Å². The summed E-state index contributed by atoms with van der Waals surface area (Å²) < 4.78 is 0. The van der Waals surface area contributed by atoms with Gasteiger partial charge in [-0.05, 0) is 86.0 Å². The molecule has 0 unspecified atom stereocenters. The Bertz CT molecular complexity index is 1620. The molecule has 1 aliphatic rings. The van der Waals surface area contributed by atoms with Crippen molar-refractivity contribution in [3.8, 4) is 33.4 Å². The van der Waals surface area contributed by atoms with E-state index < -0.39 is 10.0 Å². The average Bonchev–Trinajstić information content (AvgIpc) is 3.13. The van der Waals surface area contributed by atoms with Crippen molar-refractivity contribution in [1.29, 1.82) is 0 Å². The van der Waals surface area contributed by atoms with Gasteiger partial charge in [-0.25, -0.2) is 0 Å². The molecule has 0 saturated heterocycles. The molecule has 0 fully saturated rings. The normalized spacial score (nSPS) is 14.2. The highest BCUT2D eigenvalue weighted by atomic mass is 32.3. The number of hydrogen-bond acceptors (Lipinski definition) is 0. The van der Waals surface area contributed by atoms with Crippen LogP contribution in [0.1, 0.15) is 11.1 Å². The maximum Gasteiger partial charge on any atom is 0.00219 e. The first-order chi connectivity index (χ1) is 17.1. The van der Waals surface area contributed by atoms with Gasteiger partial charge in [0.15, 0.2) is 0 Å². The quantitative estimate of drug-likeness (QED) is 0.246. The zero-order valence-corrected chi connectivity index (χ0v) is 21.0. The molecular formula is C34H28S. The summed E-state index contributed by atoms with van der Waals surface area (Å²) in [7, 11) is -1.11. The number of rotatable bonds is 4. The second-order valence-electron chi connectivity index (χ2n) is 9.43.